The van der Waals surface area contributed by atoms with Crippen LogP contribution in [-0.2, 0) is 20.9 Å². The van der Waals surface area contributed by atoms with Crippen molar-refractivity contribution in [3.05, 3.63) is 16.0 Å². The van der Waals surface area contributed by atoms with Gasteiger partial charge in [-0.25, -0.2) is 9.59 Å². The lowest BCUT2D eigenvalue weighted by molar-refractivity contribution is -0.147. The Balaban J connectivity index is 2.03. The predicted molar refractivity (Wildman–Crippen MR) is 83.8 cm³/mol. The summed E-state index contributed by atoms with van der Waals surface area (Å²) in [6.07, 6.45) is 2.05. The topological polar surface area (TPSA) is 95.9 Å². The van der Waals surface area contributed by atoms with E-state index in [1.54, 1.807) is 6.92 Å². The first kappa shape index (κ1) is 15.9. The molecule has 1 fully saturated rings. The number of hydrogen-bond donors (Lipinski definition) is 2. The molecule has 2 N–H and O–H groups in total. The number of aliphatic carboxylic acids is 1. The number of nitrogens with zero attached hydrogens (tertiary/aromatic N) is 1. The number of carboxylic acid groups (broad SMARTS) is 1. The Bertz CT molecular complexity index is 669. The molecule has 2 bridgehead atoms. The third-order valence-electron chi connectivity index (χ3n) is 4.20. The second kappa shape index (κ2) is 6.29. The Morgan fingerprint density at radius 1 is 1.43 bits per heavy atom. The maximum atomic E-state index is 12.4. The summed E-state index contributed by atoms with van der Waals surface area (Å²) in [4.78, 5) is 38.0. The lowest BCUT2D eigenvalue weighted by Gasteiger charge is -2.37. The number of anilines is 1. The van der Waals surface area contributed by atoms with Gasteiger partial charge in [0.2, 0.25) is 0 Å². The average molecular weight is 338 g/mol. The normalized spacial score (nSPS) is 22.1. The lowest BCUT2D eigenvalue weighted by Crippen LogP contribution is -2.38. The Labute approximate surface area is 137 Å². The van der Waals surface area contributed by atoms with Crippen LogP contribution in [0.15, 0.2) is 0 Å². The van der Waals surface area contributed by atoms with Crippen molar-refractivity contribution in [1.82, 2.24) is 4.90 Å². The highest BCUT2D eigenvalue weighted by Crippen LogP contribution is 2.45. The van der Waals surface area contributed by atoms with Crippen LogP contribution in [0.5, 0.6) is 0 Å². The fourth-order valence-electron chi connectivity index (χ4n) is 3.33. The number of carbonyl (C=O) groups excluding carboxylic acids is 2. The summed E-state index contributed by atoms with van der Waals surface area (Å²) in [5.74, 6) is -2.98. The van der Waals surface area contributed by atoms with Gasteiger partial charge in [0.05, 0.1) is 12.2 Å². The molecule has 0 radical (unpaired) electrons. The van der Waals surface area contributed by atoms with E-state index in [0.29, 0.717) is 5.56 Å². The monoisotopic (exact) mass is 338 g/mol. The molecule has 23 heavy (non-hydrogen) atoms. The maximum absolute atomic E-state index is 12.4. The summed E-state index contributed by atoms with van der Waals surface area (Å²) in [7, 11) is 0. The third-order valence-corrected chi connectivity index (χ3v) is 5.31. The standard InChI is InChI=1S/C15H18N2O5S/c1-2-22-15(21)11-10-8-4-3-5-17(6-8)7-9(10)23-13(11)16-12(18)14(19)20/h8H,2-7H2,1H3,(H,16,18)(H,19,20). The Morgan fingerprint density at radius 3 is 2.91 bits per heavy atom. The van der Waals surface area contributed by atoms with Crippen molar-refractivity contribution in [3.8, 4) is 0 Å². The molecule has 1 saturated heterocycles. The first-order valence-electron chi connectivity index (χ1n) is 7.60. The summed E-state index contributed by atoms with van der Waals surface area (Å²) in [5, 5.41) is 11.4. The van der Waals surface area contributed by atoms with Crippen LogP contribution in [0.1, 0.15) is 46.5 Å². The Morgan fingerprint density at radius 2 is 2.22 bits per heavy atom. The van der Waals surface area contributed by atoms with Crippen molar-refractivity contribution in [2.24, 2.45) is 0 Å². The minimum absolute atomic E-state index is 0.229. The van der Waals surface area contributed by atoms with Crippen molar-refractivity contribution in [2.45, 2.75) is 32.2 Å². The maximum Gasteiger partial charge on any atom is 0.394 e. The molecular formula is C15H18N2O5S. The van der Waals surface area contributed by atoms with Gasteiger partial charge in [0.25, 0.3) is 0 Å². The van der Waals surface area contributed by atoms with Crippen LogP contribution >= 0.6 is 11.3 Å². The molecule has 0 aromatic carbocycles. The number of nitrogens with one attached hydrogen (secondary N) is 1. The SMILES string of the molecule is CCOC(=O)c1c(NC(=O)C(=O)O)sc2c1C1CCCN(C2)C1. The van der Waals surface area contributed by atoms with Crippen molar-refractivity contribution >= 4 is 34.2 Å². The number of esters is 1. The number of fused-ring (bicyclic) bond motifs is 4. The molecule has 0 saturated carbocycles. The van der Waals surface area contributed by atoms with Gasteiger partial charge in [-0.05, 0) is 37.8 Å². The van der Waals surface area contributed by atoms with E-state index in [9.17, 15) is 14.4 Å². The van der Waals surface area contributed by atoms with Crippen LogP contribution in [0.3, 0.4) is 0 Å². The lowest BCUT2D eigenvalue weighted by atomic mass is 9.85. The second-order valence-electron chi connectivity index (χ2n) is 5.70. The van der Waals surface area contributed by atoms with Gasteiger partial charge in [-0.3, -0.25) is 9.69 Å². The zero-order chi connectivity index (χ0) is 16.6. The number of piperidine rings is 1. The van der Waals surface area contributed by atoms with Gasteiger partial charge in [0.15, 0.2) is 0 Å². The number of hydrogen-bond acceptors (Lipinski definition) is 6. The highest BCUT2D eigenvalue weighted by Gasteiger charge is 2.37. The zero-order valence-electron chi connectivity index (χ0n) is 12.8. The quantitative estimate of drug-likeness (QED) is 0.642. The molecule has 8 heteroatoms. The molecule has 2 aliphatic heterocycles. The van der Waals surface area contributed by atoms with Gasteiger partial charge in [0, 0.05) is 18.0 Å². The van der Waals surface area contributed by atoms with Crippen molar-refractivity contribution in [3.63, 3.8) is 0 Å². The van der Waals surface area contributed by atoms with Crippen LogP contribution in [0.2, 0.25) is 0 Å². The molecule has 2 unspecified atom stereocenters. The summed E-state index contributed by atoms with van der Waals surface area (Å²) < 4.78 is 5.13. The van der Waals surface area contributed by atoms with E-state index in [2.05, 4.69) is 10.2 Å². The number of rotatable bonds is 3. The van der Waals surface area contributed by atoms with Gasteiger partial charge < -0.3 is 15.2 Å². The van der Waals surface area contributed by atoms with Gasteiger partial charge in [-0.15, -0.1) is 11.3 Å². The molecule has 3 heterocycles. The molecule has 0 spiro atoms. The number of carboxylic acids is 1. The van der Waals surface area contributed by atoms with Gasteiger partial charge in [0.1, 0.15) is 5.00 Å². The predicted octanol–water partition coefficient (Wildman–Crippen LogP) is 1.64. The number of amides is 1. The van der Waals surface area contributed by atoms with Gasteiger partial charge >= 0.3 is 17.8 Å². The van der Waals surface area contributed by atoms with Crippen LogP contribution in [0.25, 0.3) is 0 Å². The van der Waals surface area contributed by atoms with Gasteiger partial charge in [-0.2, -0.15) is 0 Å². The fraction of sp³-hybridized carbons (Fsp3) is 0.533. The molecule has 7 nitrogen and oxygen atoms in total. The molecule has 2 aliphatic rings. The molecule has 1 amide bonds. The van der Waals surface area contributed by atoms with E-state index in [1.165, 1.54) is 11.3 Å². The van der Waals surface area contributed by atoms with E-state index in [-0.39, 0.29) is 17.5 Å². The molecular weight excluding hydrogens is 320 g/mol. The summed E-state index contributed by atoms with van der Waals surface area (Å²) >= 11 is 1.28. The van der Waals surface area contributed by atoms with Crippen LogP contribution in [-0.4, -0.2) is 47.5 Å². The Kier molecular flexibility index (Phi) is 4.36. The number of thiophene rings is 1. The fourth-order valence-corrected chi connectivity index (χ4v) is 4.64. The number of carbonyl (C=O) groups is 3. The minimum atomic E-state index is -1.58. The largest absolute Gasteiger partial charge is 0.474 e. The van der Waals surface area contributed by atoms with E-state index in [4.69, 9.17) is 9.84 Å². The average Bonchev–Trinajstić information content (AvgIpc) is 2.85. The van der Waals surface area contributed by atoms with E-state index >= 15 is 0 Å². The first-order valence-corrected chi connectivity index (χ1v) is 8.42. The van der Waals surface area contributed by atoms with Gasteiger partial charge in [-0.1, -0.05) is 0 Å². The van der Waals surface area contributed by atoms with Crippen molar-refractivity contribution < 1.29 is 24.2 Å². The zero-order valence-corrected chi connectivity index (χ0v) is 13.6. The minimum Gasteiger partial charge on any atom is -0.474 e. The highest BCUT2D eigenvalue weighted by molar-refractivity contribution is 7.17. The van der Waals surface area contributed by atoms with Crippen LogP contribution < -0.4 is 5.32 Å². The van der Waals surface area contributed by atoms with Crippen LogP contribution in [0.4, 0.5) is 5.00 Å². The molecule has 2 atom stereocenters. The highest BCUT2D eigenvalue weighted by atomic mass is 32.1. The van der Waals surface area contributed by atoms with E-state index in [0.717, 1.165) is 42.9 Å². The summed E-state index contributed by atoms with van der Waals surface area (Å²) in [6.45, 7) is 4.59. The molecule has 1 aromatic rings. The molecule has 0 aliphatic carbocycles. The second-order valence-corrected chi connectivity index (χ2v) is 6.80. The Hall–Kier alpha value is -1.93. The third kappa shape index (κ3) is 2.96. The van der Waals surface area contributed by atoms with E-state index in [1.807, 2.05) is 0 Å². The number of ether oxygens (including phenoxy) is 1. The van der Waals surface area contributed by atoms with Crippen molar-refractivity contribution in [1.29, 1.82) is 0 Å². The van der Waals surface area contributed by atoms with Crippen molar-refractivity contribution in [2.75, 3.05) is 25.0 Å². The smallest absolute Gasteiger partial charge is 0.394 e. The molecule has 1 aromatic heterocycles. The van der Waals surface area contributed by atoms with E-state index < -0.39 is 17.8 Å². The first-order chi connectivity index (χ1) is 11.0. The molecule has 124 valence electrons. The molecule has 3 rings (SSSR count). The summed E-state index contributed by atoms with van der Waals surface area (Å²) in [5.41, 5.74) is 1.28. The van der Waals surface area contributed by atoms with Crippen LogP contribution in [0, 0.1) is 0 Å². The summed E-state index contributed by atoms with van der Waals surface area (Å²) in [6, 6.07) is 0.